The van der Waals surface area contributed by atoms with Crippen LogP contribution < -0.4 is 0 Å². The number of likely N-dealkylation sites (N-methyl/N-ethyl adjacent to an activating group) is 1. The van der Waals surface area contributed by atoms with Crippen molar-refractivity contribution >= 4 is 11.9 Å². The zero-order valence-corrected chi connectivity index (χ0v) is 9.15. The van der Waals surface area contributed by atoms with Crippen molar-refractivity contribution in [3.63, 3.8) is 0 Å². The summed E-state index contributed by atoms with van der Waals surface area (Å²) in [6.07, 6.45) is 0. The highest BCUT2D eigenvalue weighted by atomic mass is 16.4. The van der Waals surface area contributed by atoms with Gasteiger partial charge in [0.1, 0.15) is 6.54 Å². The van der Waals surface area contributed by atoms with Crippen LogP contribution in [0.1, 0.15) is 13.8 Å². The number of hydrogen-bond acceptors (Lipinski definition) is 3. The summed E-state index contributed by atoms with van der Waals surface area (Å²) in [5, 5.41) is 8.61. The number of nitrogens with zero attached hydrogens (tertiary/aromatic N) is 2. The lowest BCUT2D eigenvalue weighted by molar-refractivity contribution is -0.146. The summed E-state index contributed by atoms with van der Waals surface area (Å²) in [7, 11) is 3.55. The van der Waals surface area contributed by atoms with Crippen molar-refractivity contribution in [2.45, 2.75) is 19.9 Å². The Morgan fingerprint density at radius 1 is 1.21 bits per heavy atom. The molecule has 82 valence electrons. The summed E-state index contributed by atoms with van der Waals surface area (Å²) in [6.45, 7) is 3.61. The van der Waals surface area contributed by atoms with Crippen molar-refractivity contribution in [1.82, 2.24) is 9.80 Å². The summed E-state index contributed by atoms with van der Waals surface area (Å²) in [5.41, 5.74) is 0. The van der Waals surface area contributed by atoms with Crippen molar-refractivity contribution < 1.29 is 14.7 Å². The summed E-state index contributed by atoms with van der Waals surface area (Å²) >= 11 is 0. The number of carboxylic acids is 1. The van der Waals surface area contributed by atoms with Crippen molar-refractivity contribution in [2.24, 2.45) is 0 Å². The Morgan fingerprint density at radius 3 is 2.00 bits per heavy atom. The molecule has 0 unspecified atom stereocenters. The van der Waals surface area contributed by atoms with Gasteiger partial charge < -0.3 is 14.9 Å². The largest absolute Gasteiger partial charge is 0.480 e. The lowest BCUT2D eigenvalue weighted by Crippen LogP contribution is -2.44. The van der Waals surface area contributed by atoms with Gasteiger partial charge in [0.25, 0.3) is 0 Å². The quantitative estimate of drug-likeness (QED) is 0.674. The first kappa shape index (κ1) is 12.9. The first-order valence-electron chi connectivity index (χ1n) is 4.50. The van der Waals surface area contributed by atoms with E-state index >= 15 is 0 Å². The van der Waals surface area contributed by atoms with Gasteiger partial charge in [0.15, 0.2) is 0 Å². The maximum absolute atomic E-state index is 11.6. The summed E-state index contributed by atoms with van der Waals surface area (Å²) in [5.74, 6) is -1.14. The molecule has 0 aliphatic rings. The minimum absolute atomic E-state index is 0.0847. The second-order valence-electron chi connectivity index (χ2n) is 3.75. The SMILES string of the molecule is CC(C)N(CC(=O)O)C(=O)CN(C)C. The summed E-state index contributed by atoms with van der Waals surface area (Å²) in [4.78, 5) is 25.1. The van der Waals surface area contributed by atoms with Gasteiger partial charge in [-0.3, -0.25) is 9.59 Å². The van der Waals surface area contributed by atoms with Crippen LogP contribution in [0.2, 0.25) is 0 Å². The molecule has 5 nitrogen and oxygen atoms in total. The van der Waals surface area contributed by atoms with Gasteiger partial charge in [0.05, 0.1) is 6.54 Å². The highest BCUT2D eigenvalue weighted by molar-refractivity contribution is 5.82. The average Bonchev–Trinajstić information content (AvgIpc) is 1.97. The Balaban J connectivity index is 4.33. The molecule has 0 saturated carbocycles. The monoisotopic (exact) mass is 202 g/mol. The molecule has 0 saturated heterocycles. The number of carbonyl (C=O) groups excluding carboxylic acids is 1. The Labute approximate surface area is 84.3 Å². The molecule has 0 atom stereocenters. The topological polar surface area (TPSA) is 60.9 Å². The number of carbonyl (C=O) groups is 2. The van der Waals surface area contributed by atoms with Crippen LogP contribution >= 0.6 is 0 Å². The van der Waals surface area contributed by atoms with Crippen LogP contribution in [0.4, 0.5) is 0 Å². The normalized spacial score (nSPS) is 10.7. The molecule has 0 rings (SSSR count). The van der Waals surface area contributed by atoms with Gasteiger partial charge in [-0.2, -0.15) is 0 Å². The smallest absolute Gasteiger partial charge is 0.323 e. The van der Waals surface area contributed by atoms with E-state index in [-0.39, 0.29) is 25.0 Å². The minimum Gasteiger partial charge on any atom is -0.480 e. The molecule has 0 aromatic carbocycles. The fourth-order valence-electron chi connectivity index (χ4n) is 1.07. The lowest BCUT2D eigenvalue weighted by Gasteiger charge is -2.26. The van der Waals surface area contributed by atoms with Crippen molar-refractivity contribution in [1.29, 1.82) is 0 Å². The van der Waals surface area contributed by atoms with E-state index in [1.165, 1.54) is 4.90 Å². The highest BCUT2D eigenvalue weighted by Crippen LogP contribution is 1.99. The van der Waals surface area contributed by atoms with E-state index in [9.17, 15) is 9.59 Å². The van der Waals surface area contributed by atoms with Crippen LogP contribution in [-0.2, 0) is 9.59 Å². The van der Waals surface area contributed by atoms with Crippen LogP contribution in [0.5, 0.6) is 0 Å². The number of rotatable bonds is 5. The van der Waals surface area contributed by atoms with Crippen LogP contribution in [0.3, 0.4) is 0 Å². The van der Waals surface area contributed by atoms with Gasteiger partial charge in [-0.25, -0.2) is 0 Å². The predicted molar refractivity (Wildman–Crippen MR) is 53.0 cm³/mol. The minimum atomic E-state index is -0.981. The molecule has 0 radical (unpaired) electrons. The number of aliphatic carboxylic acids is 1. The molecule has 1 amide bonds. The van der Waals surface area contributed by atoms with Crippen molar-refractivity contribution in [3.8, 4) is 0 Å². The van der Waals surface area contributed by atoms with Gasteiger partial charge in [0, 0.05) is 6.04 Å². The predicted octanol–water partition coefficient (Wildman–Crippen LogP) is -0.130. The molecule has 0 heterocycles. The van der Waals surface area contributed by atoms with Gasteiger partial charge in [-0.1, -0.05) is 0 Å². The average molecular weight is 202 g/mol. The number of hydrogen-bond donors (Lipinski definition) is 1. The second-order valence-corrected chi connectivity index (χ2v) is 3.75. The molecule has 0 aromatic heterocycles. The van der Waals surface area contributed by atoms with E-state index in [1.807, 2.05) is 0 Å². The molecule has 0 aliphatic carbocycles. The standard InChI is InChI=1S/C9H18N2O3/c1-7(2)11(6-9(13)14)8(12)5-10(3)4/h7H,5-6H2,1-4H3,(H,13,14). The first-order valence-corrected chi connectivity index (χ1v) is 4.50. The first-order chi connectivity index (χ1) is 6.34. The fraction of sp³-hybridized carbons (Fsp3) is 0.778. The van der Waals surface area contributed by atoms with Crippen molar-refractivity contribution in [2.75, 3.05) is 27.2 Å². The summed E-state index contributed by atoms with van der Waals surface area (Å²) < 4.78 is 0. The second kappa shape index (κ2) is 5.59. The van der Waals surface area contributed by atoms with Crippen molar-refractivity contribution in [3.05, 3.63) is 0 Å². The molecule has 0 fully saturated rings. The maximum atomic E-state index is 11.6. The highest BCUT2D eigenvalue weighted by Gasteiger charge is 2.19. The maximum Gasteiger partial charge on any atom is 0.323 e. The zero-order valence-electron chi connectivity index (χ0n) is 9.15. The van der Waals surface area contributed by atoms with Gasteiger partial charge in [-0.15, -0.1) is 0 Å². The van der Waals surface area contributed by atoms with Crippen LogP contribution in [0.15, 0.2) is 0 Å². The Morgan fingerprint density at radius 2 is 1.71 bits per heavy atom. The molecule has 5 heteroatoms. The van der Waals surface area contributed by atoms with E-state index in [0.717, 1.165) is 0 Å². The third-order valence-corrected chi connectivity index (χ3v) is 1.70. The third-order valence-electron chi connectivity index (χ3n) is 1.70. The Bertz CT molecular complexity index is 214. The Hall–Kier alpha value is -1.10. The van der Waals surface area contributed by atoms with E-state index in [1.54, 1.807) is 32.8 Å². The van der Waals surface area contributed by atoms with Gasteiger partial charge in [0.2, 0.25) is 5.91 Å². The lowest BCUT2D eigenvalue weighted by atomic mass is 10.3. The fourth-order valence-corrected chi connectivity index (χ4v) is 1.07. The van der Waals surface area contributed by atoms with Crippen LogP contribution in [0, 0.1) is 0 Å². The molecular weight excluding hydrogens is 184 g/mol. The molecular formula is C9H18N2O3. The molecule has 0 bridgehead atoms. The number of amides is 1. The summed E-state index contributed by atoms with van der Waals surface area (Å²) in [6, 6.07) is -0.0847. The van der Waals surface area contributed by atoms with Gasteiger partial charge in [-0.05, 0) is 27.9 Å². The number of carboxylic acid groups (broad SMARTS) is 1. The Kier molecular flexibility index (Phi) is 5.15. The van der Waals surface area contributed by atoms with Crippen LogP contribution in [-0.4, -0.2) is 60.0 Å². The van der Waals surface area contributed by atoms with Gasteiger partial charge >= 0.3 is 5.97 Å². The molecule has 14 heavy (non-hydrogen) atoms. The van der Waals surface area contributed by atoms with Crippen LogP contribution in [0.25, 0.3) is 0 Å². The van der Waals surface area contributed by atoms with E-state index in [2.05, 4.69) is 0 Å². The van der Waals surface area contributed by atoms with E-state index in [4.69, 9.17) is 5.11 Å². The van der Waals surface area contributed by atoms with E-state index in [0.29, 0.717) is 0 Å². The molecule has 0 aliphatic heterocycles. The zero-order chi connectivity index (χ0) is 11.3. The molecule has 0 spiro atoms. The third kappa shape index (κ3) is 4.81. The molecule has 1 N–H and O–H groups in total. The molecule has 0 aromatic rings. The van der Waals surface area contributed by atoms with E-state index < -0.39 is 5.97 Å².